The average Bonchev–Trinajstić information content (AvgIpc) is 2.52. The van der Waals surface area contributed by atoms with Crippen molar-refractivity contribution in [3.05, 3.63) is 23.0 Å². The number of ether oxygens (including phenoxy) is 1. The summed E-state index contributed by atoms with van der Waals surface area (Å²) < 4.78 is 4.76. The number of carbonyl (C=O) groups is 1. The SMILES string of the molecule is CCCCC(CC)CNC1=C/C(=C(/N)C(=O)OC)CC(C)(C)C1. The topological polar surface area (TPSA) is 64.3 Å². The first-order valence-electron chi connectivity index (χ1n) is 8.84. The third kappa shape index (κ3) is 6.28. The molecule has 23 heavy (non-hydrogen) atoms. The Labute approximate surface area is 141 Å². The lowest BCUT2D eigenvalue weighted by atomic mass is 9.76. The Hall–Kier alpha value is -1.45. The van der Waals surface area contributed by atoms with Gasteiger partial charge in [-0.2, -0.15) is 0 Å². The molecular weight excluding hydrogens is 288 g/mol. The van der Waals surface area contributed by atoms with Gasteiger partial charge < -0.3 is 15.8 Å². The molecule has 1 atom stereocenters. The molecule has 4 nitrogen and oxygen atoms in total. The molecule has 0 heterocycles. The van der Waals surface area contributed by atoms with Crippen LogP contribution in [0.1, 0.15) is 66.2 Å². The Morgan fingerprint density at radius 3 is 2.65 bits per heavy atom. The molecule has 1 aliphatic carbocycles. The van der Waals surface area contributed by atoms with E-state index >= 15 is 0 Å². The van der Waals surface area contributed by atoms with E-state index in [9.17, 15) is 4.79 Å². The highest BCUT2D eigenvalue weighted by molar-refractivity contribution is 5.88. The van der Waals surface area contributed by atoms with Crippen molar-refractivity contribution in [1.29, 1.82) is 0 Å². The summed E-state index contributed by atoms with van der Waals surface area (Å²) in [7, 11) is 1.37. The van der Waals surface area contributed by atoms with E-state index in [1.54, 1.807) is 0 Å². The van der Waals surface area contributed by atoms with Crippen molar-refractivity contribution in [3.8, 4) is 0 Å². The van der Waals surface area contributed by atoms with Crippen LogP contribution in [-0.2, 0) is 9.53 Å². The predicted octanol–water partition coefficient (Wildman–Crippen LogP) is 3.88. The van der Waals surface area contributed by atoms with E-state index in [1.807, 2.05) is 6.08 Å². The van der Waals surface area contributed by atoms with Gasteiger partial charge in [0.1, 0.15) is 5.70 Å². The summed E-state index contributed by atoms with van der Waals surface area (Å²) >= 11 is 0. The minimum Gasteiger partial charge on any atom is -0.464 e. The largest absolute Gasteiger partial charge is 0.464 e. The highest BCUT2D eigenvalue weighted by Gasteiger charge is 2.28. The fourth-order valence-electron chi connectivity index (χ4n) is 3.15. The van der Waals surface area contributed by atoms with Crippen LogP contribution in [0.3, 0.4) is 0 Å². The molecule has 0 amide bonds. The second-order valence-electron chi connectivity index (χ2n) is 7.42. The van der Waals surface area contributed by atoms with Gasteiger partial charge in [-0.25, -0.2) is 4.79 Å². The second kappa shape index (κ2) is 8.99. The quantitative estimate of drug-likeness (QED) is 0.526. The maximum Gasteiger partial charge on any atom is 0.354 e. The molecule has 0 spiro atoms. The minimum atomic E-state index is -0.442. The number of unbranched alkanes of at least 4 members (excludes halogenated alkanes) is 1. The van der Waals surface area contributed by atoms with Crippen molar-refractivity contribution >= 4 is 5.97 Å². The molecule has 4 heteroatoms. The summed E-state index contributed by atoms with van der Waals surface area (Å²) in [5, 5.41) is 3.60. The van der Waals surface area contributed by atoms with Gasteiger partial charge in [-0.1, -0.05) is 47.0 Å². The Kier molecular flexibility index (Phi) is 7.66. The van der Waals surface area contributed by atoms with E-state index in [0.29, 0.717) is 5.92 Å². The molecule has 1 unspecified atom stereocenters. The fourth-order valence-corrected chi connectivity index (χ4v) is 3.15. The van der Waals surface area contributed by atoms with Gasteiger partial charge in [0.25, 0.3) is 0 Å². The molecule has 3 N–H and O–H groups in total. The Balaban J connectivity index is 2.83. The maximum atomic E-state index is 11.7. The third-order valence-corrected chi connectivity index (χ3v) is 4.60. The second-order valence-corrected chi connectivity index (χ2v) is 7.42. The molecule has 1 rings (SSSR count). The van der Waals surface area contributed by atoms with E-state index in [1.165, 1.54) is 38.5 Å². The summed E-state index contributed by atoms with van der Waals surface area (Å²) in [6.07, 6.45) is 8.81. The number of esters is 1. The lowest BCUT2D eigenvalue weighted by Crippen LogP contribution is -2.30. The van der Waals surface area contributed by atoms with Crippen molar-refractivity contribution in [2.24, 2.45) is 17.1 Å². The summed E-state index contributed by atoms with van der Waals surface area (Å²) in [4.78, 5) is 11.7. The molecule has 1 aliphatic rings. The van der Waals surface area contributed by atoms with Crippen LogP contribution in [-0.4, -0.2) is 19.6 Å². The van der Waals surface area contributed by atoms with E-state index in [-0.39, 0.29) is 11.1 Å². The van der Waals surface area contributed by atoms with E-state index < -0.39 is 5.97 Å². The molecule has 0 saturated heterocycles. The zero-order valence-corrected chi connectivity index (χ0v) is 15.5. The van der Waals surface area contributed by atoms with Gasteiger partial charge >= 0.3 is 5.97 Å². The van der Waals surface area contributed by atoms with Gasteiger partial charge in [-0.15, -0.1) is 0 Å². The maximum absolute atomic E-state index is 11.7. The van der Waals surface area contributed by atoms with Gasteiger partial charge in [0.05, 0.1) is 7.11 Å². The van der Waals surface area contributed by atoms with Gasteiger partial charge in [-0.3, -0.25) is 0 Å². The molecule has 0 aromatic rings. The van der Waals surface area contributed by atoms with Crippen molar-refractivity contribution < 1.29 is 9.53 Å². The lowest BCUT2D eigenvalue weighted by molar-refractivity contribution is -0.136. The number of nitrogens with one attached hydrogen (secondary N) is 1. The Morgan fingerprint density at radius 2 is 2.09 bits per heavy atom. The van der Waals surface area contributed by atoms with Gasteiger partial charge in [0, 0.05) is 12.2 Å². The van der Waals surface area contributed by atoms with Crippen molar-refractivity contribution in [1.82, 2.24) is 5.32 Å². The third-order valence-electron chi connectivity index (χ3n) is 4.60. The highest BCUT2D eigenvalue weighted by Crippen LogP contribution is 2.37. The van der Waals surface area contributed by atoms with Gasteiger partial charge in [0.2, 0.25) is 0 Å². The average molecular weight is 322 g/mol. The predicted molar refractivity (Wildman–Crippen MR) is 95.6 cm³/mol. The lowest BCUT2D eigenvalue weighted by Gasteiger charge is -2.33. The van der Waals surface area contributed by atoms with Crippen LogP contribution in [0, 0.1) is 11.3 Å². The van der Waals surface area contributed by atoms with Crippen molar-refractivity contribution in [3.63, 3.8) is 0 Å². The highest BCUT2D eigenvalue weighted by atomic mass is 16.5. The number of rotatable bonds is 8. The molecule has 0 bridgehead atoms. The molecular formula is C19H34N2O2. The molecule has 132 valence electrons. The minimum absolute atomic E-state index is 0.0934. The molecule has 0 aromatic carbocycles. The molecule has 0 fully saturated rings. The van der Waals surface area contributed by atoms with Crippen LogP contribution in [0.15, 0.2) is 23.0 Å². The van der Waals surface area contributed by atoms with Gasteiger partial charge in [-0.05, 0) is 42.2 Å². The van der Waals surface area contributed by atoms with E-state index in [0.717, 1.165) is 25.0 Å². The first kappa shape index (κ1) is 19.6. The van der Waals surface area contributed by atoms with Crippen LogP contribution in [0.2, 0.25) is 0 Å². The first-order valence-corrected chi connectivity index (χ1v) is 8.84. The van der Waals surface area contributed by atoms with Crippen LogP contribution >= 0.6 is 0 Å². The number of carbonyl (C=O) groups excluding carboxylic acids is 1. The van der Waals surface area contributed by atoms with E-state index in [4.69, 9.17) is 10.5 Å². The molecule has 0 saturated carbocycles. The summed E-state index contributed by atoms with van der Waals surface area (Å²) in [5.74, 6) is 0.258. The molecule has 0 aliphatic heterocycles. The molecule has 0 aromatic heterocycles. The zero-order chi connectivity index (χ0) is 17.5. The molecule has 0 radical (unpaired) electrons. The summed E-state index contributed by atoms with van der Waals surface area (Å²) in [6.45, 7) is 9.89. The monoisotopic (exact) mass is 322 g/mol. The summed E-state index contributed by atoms with van der Waals surface area (Å²) in [6, 6.07) is 0. The van der Waals surface area contributed by atoms with Crippen molar-refractivity contribution in [2.75, 3.05) is 13.7 Å². The number of nitrogens with two attached hydrogens (primary N) is 1. The Morgan fingerprint density at radius 1 is 1.39 bits per heavy atom. The van der Waals surface area contributed by atoms with Crippen LogP contribution in [0.25, 0.3) is 0 Å². The summed E-state index contributed by atoms with van der Waals surface area (Å²) in [5.41, 5.74) is 8.36. The number of allylic oxidation sites excluding steroid dienone is 3. The number of hydrogen-bond donors (Lipinski definition) is 2. The van der Waals surface area contributed by atoms with Crippen LogP contribution in [0.4, 0.5) is 0 Å². The first-order chi connectivity index (χ1) is 10.8. The Bertz CT molecular complexity index is 464. The number of hydrogen-bond acceptors (Lipinski definition) is 4. The smallest absolute Gasteiger partial charge is 0.354 e. The van der Waals surface area contributed by atoms with Crippen molar-refractivity contribution in [2.45, 2.75) is 66.2 Å². The van der Waals surface area contributed by atoms with E-state index in [2.05, 4.69) is 33.0 Å². The van der Waals surface area contributed by atoms with Crippen LogP contribution < -0.4 is 11.1 Å². The fraction of sp³-hybridized carbons (Fsp3) is 0.737. The van der Waals surface area contributed by atoms with Crippen LogP contribution in [0.5, 0.6) is 0 Å². The zero-order valence-electron chi connectivity index (χ0n) is 15.5. The number of methoxy groups -OCH3 is 1. The normalized spacial score (nSPS) is 20.5. The standard InChI is InChI=1S/C19H34N2O2/c1-6-8-9-14(7-2)13-21-16-10-15(11-19(3,4)12-16)17(20)18(22)23-5/h10,14,21H,6-9,11-13,20H2,1-5H3/b17-15-. The van der Waals surface area contributed by atoms with Gasteiger partial charge in [0.15, 0.2) is 0 Å².